The molecule has 0 aliphatic heterocycles. The Kier molecular flexibility index (Phi) is 3.97. The summed E-state index contributed by atoms with van der Waals surface area (Å²) in [5.41, 5.74) is 7.93. The summed E-state index contributed by atoms with van der Waals surface area (Å²) in [5, 5.41) is 3.13. The number of ether oxygens (including phenoxy) is 1. The summed E-state index contributed by atoms with van der Waals surface area (Å²) in [6.07, 6.45) is 1.56. The third-order valence-corrected chi connectivity index (χ3v) is 2.61. The van der Waals surface area contributed by atoms with Gasteiger partial charge in [-0.25, -0.2) is 9.78 Å². The van der Waals surface area contributed by atoms with Crippen molar-refractivity contribution < 1.29 is 9.53 Å². The van der Waals surface area contributed by atoms with Gasteiger partial charge in [0.2, 0.25) is 0 Å². The first kappa shape index (κ1) is 12.9. The van der Waals surface area contributed by atoms with Crippen LogP contribution in [0.5, 0.6) is 0 Å². The van der Waals surface area contributed by atoms with Crippen molar-refractivity contribution in [2.75, 3.05) is 18.2 Å². The number of hydrogen-bond donors (Lipinski definition) is 2. The van der Waals surface area contributed by atoms with Gasteiger partial charge < -0.3 is 15.8 Å². The van der Waals surface area contributed by atoms with Gasteiger partial charge in [-0.3, -0.25) is 0 Å². The monoisotopic (exact) mass is 257 g/mol. The van der Waals surface area contributed by atoms with Crippen LogP contribution in [0.25, 0.3) is 0 Å². The molecule has 1 heterocycles. The molecule has 0 radical (unpaired) electrons. The summed E-state index contributed by atoms with van der Waals surface area (Å²) in [4.78, 5) is 15.5. The van der Waals surface area contributed by atoms with Crippen molar-refractivity contribution >= 4 is 17.5 Å². The number of hydrogen-bond acceptors (Lipinski definition) is 5. The normalized spacial score (nSPS) is 9.95. The molecule has 19 heavy (non-hydrogen) atoms. The second kappa shape index (κ2) is 5.86. The Morgan fingerprint density at radius 1 is 1.37 bits per heavy atom. The van der Waals surface area contributed by atoms with Gasteiger partial charge in [-0.05, 0) is 29.8 Å². The maximum atomic E-state index is 11.4. The predicted octanol–water partition coefficient (Wildman–Crippen LogP) is 2.06. The van der Waals surface area contributed by atoms with Crippen LogP contribution in [0.3, 0.4) is 0 Å². The summed E-state index contributed by atoms with van der Waals surface area (Å²) in [6, 6.07) is 10.8. The standard InChI is InChI=1S/C14H15N3O2/c1-19-14(18)11-5-6-16-13(8-11)17-9-10-3-2-4-12(15)7-10/h2-8H,9,15H2,1H3,(H,16,17). The van der Waals surface area contributed by atoms with Crippen LogP contribution in [0.15, 0.2) is 42.6 Å². The van der Waals surface area contributed by atoms with E-state index in [9.17, 15) is 4.79 Å². The number of anilines is 2. The highest BCUT2D eigenvalue weighted by molar-refractivity contribution is 5.89. The Hall–Kier alpha value is -2.56. The van der Waals surface area contributed by atoms with E-state index in [2.05, 4.69) is 15.0 Å². The highest BCUT2D eigenvalue weighted by atomic mass is 16.5. The molecule has 0 bridgehead atoms. The summed E-state index contributed by atoms with van der Waals surface area (Å²) in [5.74, 6) is 0.236. The highest BCUT2D eigenvalue weighted by Crippen LogP contribution is 2.11. The second-order valence-electron chi connectivity index (χ2n) is 4.02. The molecule has 0 saturated carbocycles. The zero-order valence-corrected chi connectivity index (χ0v) is 10.6. The minimum Gasteiger partial charge on any atom is -0.465 e. The van der Waals surface area contributed by atoms with Crippen molar-refractivity contribution in [3.8, 4) is 0 Å². The Morgan fingerprint density at radius 2 is 2.21 bits per heavy atom. The minimum atomic E-state index is -0.380. The van der Waals surface area contributed by atoms with E-state index in [0.717, 1.165) is 11.3 Å². The number of methoxy groups -OCH3 is 1. The van der Waals surface area contributed by atoms with Crippen LogP contribution in [0.4, 0.5) is 11.5 Å². The van der Waals surface area contributed by atoms with Crippen LogP contribution in [0.2, 0.25) is 0 Å². The number of benzene rings is 1. The number of nitrogen functional groups attached to an aromatic ring is 1. The van der Waals surface area contributed by atoms with Crippen LogP contribution in [0.1, 0.15) is 15.9 Å². The van der Waals surface area contributed by atoms with Crippen molar-refractivity contribution in [1.29, 1.82) is 0 Å². The van der Waals surface area contributed by atoms with Gasteiger partial charge in [0, 0.05) is 18.4 Å². The maximum Gasteiger partial charge on any atom is 0.338 e. The van der Waals surface area contributed by atoms with Gasteiger partial charge in [0.05, 0.1) is 12.7 Å². The molecular weight excluding hydrogens is 242 g/mol. The van der Waals surface area contributed by atoms with Gasteiger partial charge in [-0.1, -0.05) is 12.1 Å². The van der Waals surface area contributed by atoms with Gasteiger partial charge in [0.15, 0.2) is 0 Å². The quantitative estimate of drug-likeness (QED) is 0.647. The topological polar surface area (TPSA) is 77.2 Å². The average Bonchev–Trinajstić information content (AvgIpc) is 2.45. The summed E-state index contributed by atoms with van der Waals surface area (Å²) in [6.45, 7) is 0.586. The summed E-state index contributed by atoms with van der Waals surface area (Å²) >= 11 is 0. The van der Waals surface area contributed by atoms with E-state index < -0.39 is 0 Å². The molecule has 0 atom stereocenters. The van der Waals surface area contributed by atoms with Crippen LogP contribution < -0.4 is 11.1 Å². The summed E-state index contributed by atoms with van der Waals surface area (Å²) in [7, 11) is 1.35. The number of nitrogens with two attached hydrogens (primary N) is 1. The molecule has 0 saturated heterocycles. The number of carbonyl (C=O) groups is 1. The number of carbonyl (C=O) groups excluding carboxylic acids is 1. The fraction of sp³-hybridized carbons (Fsp3) is 0.143. The minimum absolute atomic E-state index is 0.380. The third kappa shape index (κ3) is 3.45. The van der Waals surface area contributed by atoms with Gasteiger partial charge in [0.1, 0.15) is 5.82 Å². The molecule has 5 nitrogen and oxygen atoms in total. The van der Waals surface area contributed by atoms with Crippen LogP contribution in [-0.2, 0) is 11.3 Å². The number of aromatic nitrogens is 1. The van der Waals surface area contributed by atoms with Crippen molar-refractivity contribution in [3.05, 3.63) is 53.7 Å². The predicted molar refractivity (Wildman–Crippen MR) is 73.8 cm³/mol. The molecule has 0 fully saturated rings. The molecule has 1 aromatic carbocycles. The highest BCUT2D eigenvalue weighted by Gasteiger charge is 2.06. The van der Waals surface area contributed by atoms with E-state index in [4.69, 9.17) is 5.73 Å². The van der Waals surface area contributed by atoms with Gasteiger partial charge in [-0.2, -0.15) is 0 Å². The molecule has 98 valence electrons. The van der Waals surface area contributed by atoms with Crippen LogP contribution in [-0.4, -0.2) is 18.1 Å². The number of nitrogens with zero attached hydrogens (tertiary/aromatic N) is 1. The van der Waals surface area contributed by atoms with Gasteiger partial charge in [0.25, 0.3) is 0 Å². The lowest BCUT2D eigenvalue weighted by atomic mass is 10.2. The molecule has 0 aliphatic carbocycles. The lowest BCUT2D eigenvalue weighted by molar-refractivity contribution is 0.0600. The molecule has 3 N–H and O–H groups in total. The number of esters is 1. The zero-order valence-electron chi connectivity index (χ0n) is 10.6. The largest absolute Gasteiger partial charge is 0.465 e. The van der Waals surface area contributed by atoms with Crippen molar-refractivity contribution in [3.63, 3.8) is 0 Å². The Morgan fingerprint density at radius 3 is 2.95 bits per heavy atom. The molecular formula is C14H15N3O2. The first-order valence-corrected chi connectivity index (χ1v) is 5.81. The van der Waals surface area contributed by atoms with E-state index in [-0.39, 0.29) is 5.97 Å². The van der Waals surface area contributed by atoms with Crippen molar-refractivity contribution in [1.82, 2.24) is 4.98 Å². The zero-order chi connectivity index (χ0) is 13.7. The van der Waals surface area contributed by atoms with Crippen molar-refractivity contribution in [2.24, 2.45) is 0 Å². The van der Waals surface area contributed by atoms with E-state index in [1.807, 2.05) is 24.3 Å². The van der Waals surface area contributed by atoms with E-state index in [1.54, 1.807) is 18.3 Å². The van der Waals surface area contributed by atoms with Crippen molar-refractivity contribution in [2.45, 2.75) is 6.54 Å². The first-order chi connectivity index (χ1) is 9.19. The Balaban J connectivity index is 2.05. The number of nitrogens with one attached hydrogen (secondary N) is 1. The molecule has 2 rings (SSSR count). The maximum absolute atomic E-state index is 11.4. The molecule has 1 aromatic heterocycles. The number of rotatable bonds is 4. The molecule has 5 heteroatoms. The van der Waals surface area contributed by atoms with E-state index in [0.29, 0.717) is 17.9 Å². The number of pyridine rings is 1. The molecule has 0 aliphatic rings. The molecule has 0 spiro atoms. The first-order valence-electron chi connectivity index (χ1n) is 5.81. The van der Waals surface area contributed by atoms with E-state index >= 15 is 0 Å². The van der Waals surface area contributed by atoms with Crippen LogP contribution in [0, 0.1) is 0 Å². The average molecular weight is 257 g/mol. The second-order valence-corrected chi connectivity index (χ2v) is 4.02. The lowest BCUT2D eigenvalue weighted by Crippen LogP contribution is -2.05. The van der Waals surface area contributed by atoms with E-state index in [1.165, 1.54) is 7.11 Å². The lowest BCUT2D eigenvalue weighted by Gasteiger charge is -2.07. The van der Waals surface area contributed by atoms with Gasteiger partial charge in [-0.15, -0.1) is 0 Å². The van der Waals surface area contributed by atoms with Gasteiger partial charge >= 0.3 is 5.97 Å². The SMILES string of the molecule is COC(=O)c1ccnc(NCc2cccc(N)c2)c1. The smallest absolute Gasteiger partial charge is 0.338 e. The molecule has 0 unspecified atom stereocenters. The molecule has 0 amide bonds. The third-order valence-electron chi connectivity index (χ3n) is 2.61. The van der Waals surface area contributed by atoms with Crippen LogP contribution >= 0.6 is 0 Å². The molecule has 2 aromatic rings. The fourth-order valence-corrected chi connectivity index (χ4v) is 1.67. The Labute approximate surface area is 111 Å². The Bertz CT molecular complexity index is 584. The summed E-state index contributed by atoms with van der Waals surface area (Å²) < 4.78 is 4.66. The fourth-order valence-electron chi connectivity index (χ4n) is 1.67.